The Morgan fingerprint density at radius 2 is 1.70 bits per heavy atom. The summed E-state index contributed by atoms with van der Waals surface area (Å²) in [5.74, 6) is 4.06. The van der Waals surface area contributed by atoms with Crippen LogP contribution in [0.5, 0.6) is 0 Å². The Morgan fingerprint density at radius 3 is 2.25 bits per heavy atom. The van der Waals surface area contributed by atoms with Crippen molar-refractivity contribution in [3.63, 3.8) is 0 Å². The lowest BCUT2D eigenvalue weighted by Crippen LogP contribution is -2.16. The molecule has 0 radical (unpaired) electrons. The Labute approximate surface area is 122 Å². The van der Waals surface area contributed by atoms with Gasteiger partial charge in [-0.05, 0) is 32.6 Å². The molecule has 1 aliphatic carbocycles. The van der Waals surface area contributed by atoms with E-state index < -0.39 is 0 Å². The van der Waals surface area contributed by atoms with Gasteiger partial charge in [0, 0.05) is 24.6 Å². The standard InChI is InChI=1S/C16H28N4/c1-5-17-15-12(4)16(20-14(19-15)11(2)3)18-10-13-8-6-7-9-13/h11,13H,5-10H2,1-4H3,(H2,17,18,19,20). The third-order valence-electron chi connectivity index (χ3n) is 4.06. The molecule has 4 heteroatoms. The molecule has 1 fully saturated rings. The molecule has 1 saturated carbocycles. The predicted octanol–water partition coefficient (Wildman–Crippen LogP) is 3.94. The topological polar surface area (TPSA) is 49.8 Å². The molecule has 112 valence electrons. The maximum absolute atomic E-state index is 4.71. The summed E-state index contributed by atoms with van der Waals surface area (Å²) in [6.07, 6.45) is 5.48. The van der Waals surface area contributed by atoms with E-state index in [1.54, 1.807) is 0 Å². The largest absolute Gasteiger partial charge is 0.370 e. The normalized spacial score (nSPS) is 15.8. The van der Waals surface area contributed by atoms with Crippen molar-refractivity contribution in [3.05, 3.63) is 11.4 Å². The first-order valence-electron chi connectivity index (χ1n) is 7.98. The van der Waals surface area contributed by atoms with E-state index in [4.69, 9.17) is 4.98 Å². The average Bonchev–Trinajstić information content (AvgIpc) is 2.92. The van der Waals surface area contributed by atoms with Crippen LogP contribution in [0.15, 0.2) is 0 Å². The molecule has 2 N–H and O–H groups in total. The van der Waals surface area contributed by atoms with Crippen LogP contribution in [0, 0.1) is 12.8 Å². The minimum atomic E-state index is 0.347. The molecule has 4 nitrogen and oxygen atoms in total. The summed E-state index contributed by atoms with van der Waals surface area (Å²) in [6, 6.07) is 0. The molecule has 0 atom stereocenters. The first-order valence-corrected chi connectivity index (χ1v) is 7.98. The number of aromatic nitrogens is 2. The van der Waals surface area contributed by atoms with Gasteiger partial charge in [-0.2, -0.15) is 0 Å². The van der Waals surface area contributed by atoms with E-state index in [2.05, 4.69) is 43.3 Å². The highest BCUT2D eigenvalue weighted by Crippen LogP contribution is 2.27. The van der Waals surface area contributed by atoms with E-state index in [1.165, 1.54) is 25.7 Å². The number of nitrogens with zero attached hydrogens (tertiary/aromatic N) is 2. The van der Waals surface area contributed by atoms with Crippen molar-refractivity contribution in [1.82, 2.24) is 9.97 Å². The van der Waals surface area contributed by atoms with E-state index in [0.717, 1.165) is 42.0 Å². The monoisotopic (exact) mass is 276 g/mol. The van der Waals surface area contributed by atoms with Crippen LogP contribution < -0.4 is 10.6 Å². The fourth-order valence-electron chi connectivity index (χ4n) is 2.76. The Bertz CT molecular complexity index is 436. The highest BCUT2D eigenvalue weighted by molar-refractivity contribution is 5.57. The minimum Gasteiger partial charge on any atom is -0.370 e. The molecule has 1 aromatic rings. The Kier molecular flexibility index (Phi) is 5.21. The van der Waals surface area contributed by atoms with Crippen LogP contribution >= 0.6 is 0 Å². The Balaban J connectivity index is 2.15. The molecule has 1 aromatic heterocycles. The average molecular weight is 276 g/mol. The molecule has 20 heavy (non-hydrogen) atoms. The van der Waals surface area contributed by atoms with Gasteiger partial charge in [-0.3, -0.25) is 0 Å². The molecule has 0 amide bonds. The molecule has 0 bridgehead atoms. The van der Waals surface area contributed by atoms with E-state index in [0.29, 0.717) is 5.92 Å². The van der Waals surface area contributed by atoms with Crippen molar-refractivity contribution in [2.45, 2.75) is 59.3 Å². The summed E-state index contributed by atoms with van der Waals surface area (Å²) in [7, 11) is 0. The fourth-order valence-corrected chi connectivity index (χ4v) is 2.76. The highest BCUT2D eigenvalue weighted by Gasteiger charge is 2.17. The second kappa shape index (κ2) is 6.91. The molecule has 1 heterocycles. The fraction of sp³-hybridized carbons (Fsp3) is 0.750. The van der Waals surface area contributed by atoms with E-state index >= 15 is 0 Å². The highest BCUT2D eigenvalue weighted by atomic mass is 15.1. The molecule has 0 spiro atoms. The summed E-state index contributed by atoms with van der Waals surface area (Å²) in [6.45, 7) is 10.4. The summed E-state index contributed by atoms with van der Waals surface area (Å²) in [5.41, 5.74) is 1.13. The van der Waals surface area contributed by atoms with Crippen LogP contribution in [0.4, 0.5) is 11.6 Å². The number of hydrogen-bond donors (Lipinski definition) is 2. The predicted molar refractivity (Wildman–Crippen MR) is 85.5 cm³/mol. The lowest BCUT2D eigenvalue weighted by molar-refractivity contribution is 0.578. The molecule has 1 aliphatic rings. The second-order valence-electron chi connectivity index (χ2n) is 6.12. The SMILES string of the molecule is CCNc1nc(C(C)C)nc(NCC2CCCC2)c1C. The van der Waals surface area contributed by atoms with Crippen LogP contribution in [0.2, 0.25) is 0 Å². The van der Waals surface area contributed by atoms with E-state index in [1.807, 2.05) is 0 Å². The third-order valence-corrected chi connectivity index (χ3v) is 4.06. The van der Waals surface area contributed by atoms with Gasteiger partial charge in [-0.15, -0.1) is 0 Å². The zero-order valence-electron chi connectivity index (χ0n) is 13.3. The van der Waals surface area contributed by atoms with Gasteiger partial charge in [-0.1, -0.05) is 26.7 Å². The molecule has 0 aromatic carbocycles. The summed E-state index contributed by atoms with van der Waals surface area (Å²) >= 11 is 0. The van der Waals surface area contributed by atoms with Crippen molar-refractivity contribution < 1.29 is 0 Å². The Morgan fingerprint density at radius 1 is 1.10 bits per heavy atom. The molecule has 0 aliphatic heterocycles. The quantitative estimate of drug-likeness (QED) is 0.826. The van der Waals surface area contributed by atoms with Gasteiger partial charge in [0.25, 0.3) is 0 Å². The van der Waals surface area contributed by atoms with Gasteiger partial charge in [0.2, 0.25) is 0 Å². The van der Waals surface area contributed by atoms with Crippen LogP contribution in [0.25, 0.3) is 0 Å². The van der Waals surface area contributed by atoms with E-state index in [-0.39, 0.29) is 0 Å². The maximum Gasteiger partial charge on any atom is 0.135 e. The van der Waals surface area contributed by atoms with Crippen molar-refractivity contribution in [3.8, 4) is 0 Å². The lowest BCUT2D eigenvalue weighted by atomic mass is 10.1. The van der Waals surface area contributed by atoms with Gasteiger partial charge in [0.05, 0.1) is 0 Å². The van der Waals surface area contributed by atoms with Crippen molar-refractivity contribution in [2.24, 2.45) is 5.92 Å². The van der Waals surface area contributed by atoms with Crippen LogP contribution in [0.3, 0.4) is 0 Å². The molecule has 0 unspecified atom stereocenters. The summed E-state index contributed by atoms with van der Waals surface area (Å²) < 4.78 is 0. The minimum absolute atomic E-state index is 0.347. The van der Waals surface area contributed by atoms with Crippen molar-refractivity contribution in [1.29, 1.82) is 0 Å². The molecule has 0 saturated heterocycles. The zero-order chi connectivity index (χ0) is 14.5. The second-order valence-corrected chi connectivity index (χ2v) is 6.12. The number of anilines is 2. The van der Waals surface area contributed by atoms with Gasteiger partial charge in [-0.25, -0.2) is 9.97 Å². The molecule has 2 rings (SSSR count). The van der Waals surface area contributed by atoms with Crippen LogP contribution in [0.1, 0.15) is 63.8 Å². The summed E-state index contributed by atoms with van der Waals surface area (Å²) in [5, 5.41) is 6.91. The van der Waals surface area contributed by atoms with Crippen molar-refractivity contribution in [2.75, 3.05) is 23.7 Å². The Hall–Kier alpha value is -1.32. The van der Waals surface area contributed by atoms with Gasteiger partial charge in [0.1, 0.15) is 17.5 Å². The van der Waals surface area contributed by atoms with Gasteiger partial charge >= 0.3 is 0 Å². The molecular weight excluding hydrogens is 248 g/mol. The van der Waals surface area contributed by atoms with Gasteiger partial charge < -0.3 is 10.6 Å². The lowest BCUT2D eigenvalue weighted by Gasteiger charge is -2.17. The molecular formula is C16H28N4. The van der Waals surface area contributed by atoms with Gasteiger partial charge in [0.15, 0.2) is 0 Å². The first-order chi connectivity index (χ1) is 9.61. The number of rotatable bonds is 6. The first kappa shape index (κ1) is 15.1. The smallest absolute Gasteiger partial charge is 0.135 e. The zero-order valence-corrected chi connectivity index (χ0v) is 13.3. The van der Waals surface area contributed by atoms with Crippen molar-refractivity contribution >= 4 is 11.6 Å². The number of nitrogens with one attached hydrogen (secondary N) is 2. The van der Waals surface area contributed by atoms with Crippen LogP contribution in [-0.4, -0.2) is 23.1 Å². The van der Waals surface area contributed by atoms with Crippen LogP contribution in [-0.2, 0) is 0 Å². The van der Waals surface area contributed by atoms with E-state index in [9.17, 15) is 0 Å². The maximum atomic E-state index is 4.71. The number of hydrogen-bond acceptors (Lipinski definition) is 4. The third kappa shape index (κ3) is 3.62. The summed E-state index contributed by atoms with van der Waals surface area (Å²) in [4.78, 5) is 9.35.